The molecule has 0 heterocycles. The molecule has 4 aromatic carbocycles. The van der Waals surface area contributed by atoms with Gasteiger partial charge in [-0.2, -0.15) is 0 Å². The fourth-order valence-electron chi connectivity index (χ4n) is 3.27. The van der Waals surface area contributed by atoms with Crippen LogP contribution < -0.4 is 9.47 Å². The van der Waals surface area contributed by atoms with E-state index in [2.05, 4.69) is 34.3 Å². The maximum atomic E-state index is 5.48. The summed E-state index contributed by atoms with van der Waals surface area (Å²) in [5, 5.41) is 0. The predicted molar refractivity (Wildman–Crippen MR) is 147 cm³/mol. The Morgan fingerprint density at radius 3 is 1.26 bits per heavy atom. The summed E-state index contributed by atoms with van der Waals surface area (Å²) in [6.07, 6.45) is 3.73. The molecule has 0 aliphatic heterocycles. The monoisotopic (exact) mass is 480 g/mol. The van der Waals surface area contributed by atoms with E-state index >= 15 is 0 Å². The zero-order valence-corrected chi connectivity index (χ0v) is 20.7. The highest BCUT2D eigenvalue weighted by atomic mass is 32.2. The van der Waals surface area contributed by atoms with Crippen LogP contribution in [-0.2, 0) is 0 Å². The van der Waals surface area contributed by atoms with E-state index in [1.807, 2.05) is 99.1 Å². The molecule has 0 radical (unpaired) electrons. The van der Waals surface area contributed by atoms with Crippen LogP contribution in [0.15, 0.2) is 117 Å². The fraction of sp³-hybridized carbons (Fsp3) is 0.133. The molecule has 4 nitrogen and oxygen atoms in total. The zero-order valence-electron chi connectivity index (χ0n) is 19.9. The summed E-state index contributed by atoms with van der Waals surface area (Å²) in [7, 11) is 0. The number of aliphatic imine (C=N–C) groups is 2. The highest BCUT2D eigenvalue weighted by molar-refractivity contribution is 7.99. The molecule has 0 amide bonds. The third kappa shape index (κ3) is 7.59. The molecular weight excluding hydrogens is 452 g/mol. The largest absolute Gasteiger partial charge is 0.494 e. The normalized spacial score (nSPS) is 11.3. The molecule has 0 saturated heterocycles. The van der Waals surface area contributed by atoms with Gasteiger partial charge in [0.1, 0.15) is 11.5 Å². The van der Waals surface area contributed by atoms with Crippen LogP contribution in [0, 0.1) is 0 Å². The van der Waals surface area contributed by atoms with Crippen LogP contribution in [0.3, 0.4) is 0 Å². The summed E-state index contributed by atoms with van der Waals surface area (Å²) in [6.45, 7) is 5.29. The van der Waals surface area contributed by atoms with Crippen molar-refractivity contribution in [2.75, 3.05) is 13.2 Å². The summed E-state index contributed by atoms with van der Waals surface area (Å²) in [4.78, 5) is 11.5. The number of hydrogen-bond acceptors (Lipinski definition) is 5. The maximum absolute atomic E-state index is 5.48. The lowest BCUT2D eigenvalue weighted by molar-refractivity contribution is 0.340. The van der Waals surface area contributed by atoms with E-state index in [0.29, 0.717) is 13.2 Å². The Kier molecular flexibility index (Phi) is 8.74. The van der Waals surface area contributed by atoms with Crippen molar-refractivity contribution in [3.8, 4) is 11.5 Å². The highest BCUT2D eigenvalue weighted by Gasteiger charge is 1.99. The summed E-state index contributed by atoms with van der Waals surface area (Å²) in [5.74, 6) is 1.75. The van der Waals surface area contributed by atoms with Crippen molar-refractivity contribution in [2.24, 2.45) is 9.98 Å². The van der Waals surface area contributed by atoms with E-state index in [1.54, 1.807) is 11.8 Å². The van der Waals surface area contributed by atoms with Crippen molar-refractivity contribution < 1.29 is 9.47 Å². The van der Waals surface area contributed by atoms with Gasteiger partial charge in [0.25, 0.3) is 0 Å². The molecule has 0 unspecified atom stereocenters. The van der Waals surface area contributed by atoms with Crippen molar-refractivity contribution in [2.45, 2.75) is 23.6 Å². The van der Waals surface area contributed by atoms with Crippen LogP contribution in [0.2, 0.25) is 0 Å². The van der Waals surface area contributed by atoms with Gasteiger partial charge in [-0.3, -0.25) is 9.98 Å². The van der Waals surface area contributed by atoms with Crippen molar-refractivity contribution >= 4 is 35.6 Å². The molecule has 0 saturated carbocycles. The summed E-state index contributed by atoms with van der Waals surface area (Å²) in [6, 6.07) is 32.3. The molecule has 4 aromatic rings. The second kappa shape index (κ2) is 12.6. The van der Waals surface area contributed by atoms with Gasteiger partial charge in [0.15, 0.2) is 0 Å². The van der Waals surface area contributed by atoms with Gasteiger partial charge in [0, 0.05) is 22.2 Å². The molecule has 0 N–H and O–H groups in total. The van der Waals surface area contributed by atoms with Gasteiger partial charge in [-0.25, -0.2) is 0 Å². The second-order valence-electron chi connectivity index (χ2n) is 7.61. The minimum absolute atomic E-state index is 0.667. The smallest absolute Gasteiger partial charge is 0.119 e. The molecule has 35 heavy (non-hydrogen) atoms. The first kappa shape index (κ1) is 24.3. The van der Waals surface area contributed by atoms with Crippen LogP contribution in [0.25, 0.3) is 0 Å². The van der Waals surface area contributed by atoms with Gasteiger partial charge < -0.3 is 9.47 Å². The molecule has 0 aliphatic carbocycles. The van der Waals surface area contributed by atoms with Gasteiger partial charge in [-0.1, -0.05) is 11.8 Å². The van der Waals surface area contributed by atoms with E-state index < -0.39 is 0 Å². The van der Waals surface area contributed by atoms with Gasteiger partial charge in [-0.15, -0.1) is 0 Å². The Bertz CT molecular complexity index is 1150. The lowest BCUT2D eigenvalue weighted by atomic mass is 10.2. The molecule has 0 fully saturated rings. The third-order valence-corrected chi connectivity index (χ3v) is 6.03. The predicted octanol–water partition coefficient (Wildman–Crippen LogP) is 8.14. The van der Waals surface area contributed by atoms with Crippen LogP contribution in [-0.4, -0.2) is 25.6 Å². The number of ether oxygens (including phenoxy) is 2. The van der Waals surface area contributed by atoms with Crippen molar-refractivity contribution in [3.05, 3.63) is 108 Å². The SMILES string of the molecule is CCOc1ccc(C=Nc2ccc(Sc3ccc(N=Cc4ccc(OCC)cc4)cc3)cc2)cc1. The Balaban J connectivity index is 1.31. The molecule has 176 valence electrons. The van der Waals surface area contributed by atoms with Crippen LogP contribution in [0.4, 0.5) is 11.4 Å². The summed E-state index contributed by atoms with van der Waals surface area (Å²) < 4.78 is 11.0. The molecule has 5 heteroatoms. The molecule has 4 rings (SSSR count). The first-order valence-corrected chi connectivity index (χ1v) is 12.5. The lowest BCUT2D eigenvalue weighted by Crippen LogP contribution is -1.91. The average Bonchev–Trinajstić information content (AvgIpc) is 2.90. The van der Waals surface area contributed by atoms with E-state index in [-0.39, 0.29) is 0 Å². The standard InChI is InChI=1S/C30H28N2O2S/c1-3-33-27-13-5-23(6-14-27)21-31-25-9-17-29(18-10-25)35-30-19-11-26(12-20-30)32-22-24-7-15-28(16-8-24)34-4-2/h5-22H,3-4H2,1-2H3. The number of rotatable bonds is 10. The molecule has 0 spiro atoms. The minimum atomic E-state index is 0.667. The summed E-state index contributed by atoms with van der Waals surface area (Å²) >= 11 is 1.71. The van der Waals surface area contributed by atoms with Crippen molar-refractivity contribution in [1.29, 1.82) is 0 Å². The summed E-state index contributed by atoms with van der Waals surface area (Å²) in [5.41, 5.74) is 3.92. The fourth-order valence-corrected chi connectivity index (χ4v) is 4.08. The molecule has 0 aromatic heterocycles. The van der Waals surface area contributed by atoms with Crippen LogP contribution in [0.5, 0.6) is 11.5 Å². The number of hydrogen-bond donors (Lipinski definition) is 0. The zero-order chi connectivity index (χ0) is 24.3. The third-order valence-electron chi connectivity index (χ3n) is 5.02. The quantitative estimate of drug-likeness (QED) is 0.215. The van der Waals surface area contributed by atoms with E-state index in [4.69, 9.17) is 9.47 Å². The Hall–Kier alpha value is -3.83. The van der Waals surface area contributed by atoms with E-state index in [0.717, 1.165) is 43.8 Å². The Labute approximate surface area is 211 Å². The van der Waals surface area contributed by atoms with Crippen molar-refractivity contribution in [1.82, 2.24) is 0 Å². The minimum Gasteiger partial charge on any atom is -0.494 e. The highest BCUT2D eigenvalue weighted by Crippen LogP contribution is 2.30. The van der Waals surface area contributed by atoms with Gasteiger partial charge >= 0.3 is 0 Å². The maximum Gasteiger partial charge on any atom is 0.119 e. The van der Waals surface area contributed by atoms with Gasteiger partial charge in [-0.05, 0) is 122 Å². The molecule has 0 aliphatic rings. The van der Waals surface area contributed by atoms with Crippen LogP contribution in [0.1, 0.15) is 25.0 Å². The molecular formula is C30H28N2O2S. The van der Waals surface area contributed by atoms with Gasteiger partial charge in [0.05, 0.1) is 24.6 Å². The molecule has 0 atom stereocenters. The van der Waals surface area contributed by atoms with E-state index in [1.165, 1.54) is 0 Å². The number of benzene rings is 4. The number of nitrogens with zero attached hydrogens (tertiary/aromatic N) is 2. The lowest BCUT2D eigenvalue weighted by Gasteiger charge is -2.04. The topological polar surface area (TPSA) is 43.2 Å². The van der Waals surface area contributed by atoms with E-state index in [9.17, 15) is 0 Å². The Morgan fingerprint density at radius 2 is 0.914 bits per heavy atom. The molecule has 0 bridgehead atoms. The van der Waals surface area contributed by atoms with Crippen LogP contribution >= 0.6 is 11.8 Å². The average molecular weight is 481 g/mol. The van der Waals surface area contributed by atoms with Crippen molar-refractivity contribution in [3.63, 3.8) is 0 Å². The first-order valence-electron chi connectivity index (χ1n) is 11.6. The second-order valence-corrected chi connectivity index (χ2v) is 8.76. The Morgan fingerprint density at radius 1 is 0.543 bits per heavy atom. The van der Waals surface area contributed by atoms with Gasteiger partial charge in [0.2, 0.25) is 0 Å². The first-order chi connectivity index (χ1) is 17.2.